The summed E-state index contributed by atoms with van der Waals surface area (Å²) in [6.07, 6.45) is 4.07. The maximum absolute atomic E-state index is 13.0. The fourth-order valence-corrected chi connectivity index (χ4v) is 3.61. The number of aromatic nitrogens is 2. The summed E-state index contributed by atoms with van der Waals surface area (Å²) in [6, 6.07) is 18.9. The van der Waals surface area contributed by atoms with E-state index in [9.17, 15) is 9.59 Å². The van der Waals surface area contributed by atoms with Gasteiger partial charge in [-0.25, -0.2) is 4.68 Å². The Bertz CT molecular complexity index is 1050. The third kappa shape index (κ3) is 6.93. The summed E-state index contributed by atoms with van der Waals surface area (Å²) < 4.78 is 1.69. The molecule has 0 saturated heterocycles. The molecule has 0 saturated carbocycles. The largest absolute Gasteiger partial charge is 0.333 e. The van der Waals surface area contributed by atoms with Crippen LogP contribution in [0.25, 0.3) is 16.9 Å². The molecule has 3 rings (SSSR count). The number of carbonyl (C=O) groups is 2. The van der Waals surface area contributed by atoms with E-state index in [2.05, 4.69) is 19.2 Å². The monoisotopic (exact) mass is 466 g/mol. The average molecular weight is 467 g/mol. The Balaban J connectivity index is 1.84. The molecule has 1 N–H and O–H groups in total. The molecular formula is C26H31ClN4O2. The van der Waals surface area contributed by atoms with Gasteiger partial charge in [0.1, 0.15) is 5.82 Å². The van der Waals surface area contributed by atoms with Gasteiger partial charge in [0.05, 0.1) is 17.9 Å². The molecule has 0 unspecified atom stereocenters. The predicted molar refractivity (Wildman–Crippen MR) is 134 cm³/mol. The number of rotatable bonds is 11. The van der Waals surface area contributed by atoms with Crippen LogP contribution >= 0.6 is 11.6 Å². The van der Waals surface area contributed by atoms with Gasteiger partial charge in [0.25, 0.3) is 0 Å². The highest BCUT2D eigenvalue weighted by molar-refractivity contribution is 6.30. The highest BCUT2D eigenvalue weighted by Crippen LogP contribution is 2.25. The van der Waals surface area contributed by atoms with Crippen LogP contribution in [0.5, 0.6) is 0 Å². The molecule has 2 amide bonds. The minimum Gasteiger partial charge on any atom is -0.333 e. The topological polar surface area (TPSA) is 67.2 Å². The second kappa shape index (κ2) is 12.2. The van der Waals surface area contributed by atoms with Crippen LogP contribution in [0.15, 0.2) is 60.7 Å². The second-order valence-corrected chi connectivity index (χ2v) is 8.43. The molecule has 0 radical (unpaired) electrons. The van der Waals surface area contributed by atoms with Crippen molar-refractivity contribution in [2.75, 3.05) is 18.4 Å². The van der Waals surface area contributed by atoms with Crippen molar-refractivity contribution < 1.29 is 9.59 Å². The number of amides is 2. The SMILES string of the molecule is CCCCC(=O)N(CCCC)CC(=O)Nc1cc(-c2ccccc2)nn1-c1ccc(Cl)cc1. The van der Waals surface area contributed by atoms with E-state index in [0.717, 1.165) is 42.6 Å². The van der Waals surface area contributed by atoms with E-state index in [1.807, 2.05) is 48.5 Å². The lowest BCUT2D eigenvalue weighted by atomic mass is 10.1. The Morgan fingerprint density at radius 2 is 1.70 bits per heavy atom. The molecular weight excluding hydrogens is 436 g/mol. The zero-order valence-electron chi connectivity index (χ0n) is 19.3. The highest BCUT2D eigenvalue weighted by Gasteiger charge is 2.19. The first-order valence-electron chi connectivity index (χ1n) is 11.5. The number of halogens is 1. The van der Waals surface area contributed by atoms with Crippen molar-refractivity contribution in [2.24, 2.45) is 0 Å². The van der Waals surface area contributed by atoms with Crippen LogP contribution in [-0.2, 0) is 9.59 Å². The molecule has 1 heterocycles. The Labute approximate surface area is 200 Å². The van der Waals surface area contributed by atoms with E-state index in [-0.39, 0.29) is 18.4 Å². The van der Waals surface area contributed by atoms with Crippen molar-refractivity contribution in [3.8, 4) is 16.9 Å². The number of nitrogens with zero attached hydrogens (tertiary/aromatic N) is 3. The van der Waals surface area contributed by atoms with Gasteiger partial charge in [-0.3, -0.25) is 9.59 Å². The molecule has 0 fully saturated rings. The minimum atomic E-state index is -0.245. The van der Waals surface area contributed by atoms with Crippen molar-refractivity contribution in [3.63, 3.8) is 0 Å². The zero-order chi connectivity index (χ0) is 23.6. The summed E-state index contributed by atoms with van der Waals surface area (Å²) in [4.78, 5) is 27.3. The molecule has 0 spiro atoms. The molecule has 174 valence electrons. The van der Waals surface area contributed by atoms with Crippen molar-refractivity contribution >= 4 is 29.2 Å². The van der Waals surface area contributed by atoms with Crippen LogP contribution in [0, 0.1) is 0 Å². The molecule has 33 heavy (non-hydrogen) atoms. The summed E-state index contributed by atoms with van der Waals surface area (Å²) >= 11 is 6.05. The van der Waals surface area contributed by atoms with Gasteiger partial charge < -0.3 is 10.2 Å². The third-order valence-corrected chi connectivity index (χ3v) is 5.58. The molecule has 7 heteroatoms. The number of benzene rings is 2. The van der Waals surface area contributed by atoms with Gasteiger partial charge in [-0.05, 0) is 37.1 Å². The number of hydrogen-bond donors (Lipinski definition) is 1. The summed E-state index contributed by atoms with van der Waals surface area (Å²) in [7, 11) is 0. The van der Waals surface area contributed by atoms with Crippen molar-refractivity contribution in [1.82, 2.24) is 14.7 Å². The Hall–Kier alpha value is -3.12. The number of hydrogen-bond acceptors (Lipinski definition) is 3. The smallest absolute Gasteiger partial charge is 0.245 e. The number of carbonyl (C=O) groups excluding carboxylic acids is 2. The normalized spacial score (nSPS) is 10.8. The van der Waals surface area contributed by atoms with Gasteiger partial charge >= 0.3 is 0 Å². The van der Waals surface area contributed by atoms with Crippen molar-refractivity contribution in [2.45, 2.75) is 46.0 Å². The number of anilines is 1. The summed E-state index contributed by atoms with van der Waals surface area (Å²) in [6.45, 7) is 4.73. The Kier molecular flexibility index (Phi) is 9.07. The maximum Gasteiger partial charge on any atom is 0.245 e. The maximum atomic E-state index is 13.0. The van der Waals surface area contributed by atoms with Gasteiger partial charge in [0, 0.05) is 29.6 Å². The highest BCUT2D eigenvalue weighted by atomic mass is 35.5. The lowest BCUT2D eigenvalue weighted by Gasteiger charge is -2.22. The van der Waals surface area contributed by atoms with E-state index in [0.29, 0.717) is 23.8 Å². The summed E-state index contributed by atoms with van der Waals surface area (Å²) in [5, 5.41) is 8.30. The van der Waals surface area contributed by atoms with Gasteiger partial charge in [0.2, 0.25) is 11.8 Å². The fourth-order valence-electron chi connectivity index (χ4n) is 3.48. The van der Waals surface area contributed by atoms with Gasteiger partial charge in [-0.15, -0.1) is 0 Å². The second-order valence-electron chi connectivity index (χ2n) is 7.99. The first kappa shape index (κ1) is 24.5. The minimum absolute atomic E-state index is 0.0228. The number of nitrogens with one attached hydrogen (secondary N) is 1. The van der Waals surface area contributed by atoms with Crippen LogP contribution in [0.4, 0.5) is 5.82 Å². The molecule has 3 aromatic rings. The predicted octanol–water partition coefficient (Wildman–Crippen LogP) is 5.95. The molecule has 1 aromatic heterocycles. The van der Waals surface area contributed by atoms with E-state index in [4.69, 9.17) is 16.7 Å². The first-order chi connectivity index (χ1) is 16.0. The first-order valence-corrected chi connectivity index (χ1v) is 11.9. The van der Waals surface area contributed by atoms with E-state index in [1.165, 1.54) is 0 Å². The van der Waals surface area contributed by atoms with Gasteiger partial charge in [0.15, 0.2) is 0 Å². The van der Waals surface area contributed by atoms with E-state index < -0.39 is 0 Å². The molecule has 6 nitrogen and oxygen atoms in total. The molecule has 2 aromatic carbocycles. The molecule has 0 atom stereocenters. The zero-order valence-corrected chi connectivity index (χ0v) is 20.0. The third-order valence-electron chi connectivity index (χ3n) is 5.33. The van der Waals surface area contributed by atoms with Crippen LogP contribution < -0.4 is 5.32 Å². The fraction of sp³-hybridized carbons (Fsp3) is 0.346. The quantitative estimate of drug-likeness (QED) is 0.379. The van der Waals surface area contributed by atoms with Crippen LogP contribution in [0.1, 0.15) is 46.0 Å². The lowest BCUT2D eigenvalue weighted by Crippen LogP contribution is -2.38. The Morgan fingerprint density at radius 3 is 2.36 bits per heavy atom. The summed E-state index contributed by atoms with van der Waals surface area (Å²) in [5.74, 6) is 0.319. The van der Waals surface area contributed by atoms with Crippen molar-refractivity contribution in [1.29, 1.82) is 0 Å². The van der Waals surface area contributed by atoms with Crippen LogP contribution in [0.3, 0.4) is 0 Å². The van der Waals surface area contributed by atoms with E-state index >= 15 is 0 Å². The molecule has 0 aliphatic rings. The summed E-state index contributed by atoms with van der Waals surface area (Å²) in [5.41, 5.74) is 2.46. The van der Waals surface area contributed by atoms with Gasteiger partial charge in [-0.1, -0.05) is 68.6 Å². The number of unbranched alkanes of at least 4 members (excludes halogenated alkanes) is 2. The molecule has 0 aliphatic carbocycles. The van der Waals surface area contributed by atoms with E-state index in [1.54, 1.807) is 21.7 Å². The van der Waals surface area contributed by atoms with Crippen molar-refractivity contribution in [3.05, 3.63) is 65.7 Å². The van der Waals surface area contributed by atoms with Crippen LogP contribution in [-0.4, -0.2) is 39.6 Å². The van der Waals surface area contributed by atoms with Crippen LogP contribution in [0.2, 0.25) is 5.02 Å². The van der Waals surface area contributed by atoms with Gasteiger partial charge in [-0.2, -0.15) is 5.10 Å². The molecule has 0 bridgehead atoms. The molecule has 0 aliphatic heterocycles. The Morgan fingerprint density at radius 1 is 1.00 bits per heavy atom. The average Bonchev–Trinajstić information content (AvgIpc) is 3.24. The standard InChI is InChI=1S/C26H31ClN4O2/c1-3-5-12-26(33)30(17-6-4-2)19-25(32)28-24-18-23(20-10-8-7-9-11-20)29-31(24)22-15-13-21(27)14-16-22/h7-11,13-16,18H,3-6,12,17,19H2,1-2H3,(H,28,32). The lowest BCUT2D eigenvalue weighted by molar-refractivity contribution is -0.134.